The average molecular weight is 382 g/mol. The molecule has 8 heteroatoms. The molecule has 28 heavy (non-hydrogen) atoms. The highest BCUT2D eigenvalue weighted by atomic mass is 16.4. The van der Waals surface area contributed by atoms with Crippen molar-refractivity contribution in [1.82, 2.24) is 10.6 Å². The number of carboxylic acid groups (broad SMARTS) is 1. The van der Waals surface area contributed by atoms with Gasteiger partial charge in [0.25, 0.3) is 5.91 Å². The molecular formula is C20H22N4O4. The lowest BCUT2D eigenvalue weighted by molar-refractivity contribution is -0.139. The van der Waals surface area contributed by atoms with Crippen LogP contribution in [0.2, 0.25) is 0 Å². The van der Waals surface area contributed by atoms with Gasteiger partial charge in [-0.05, 0) is 29.7 Å². The third-order valence-electron chi connectivity index (χ3n) is 4.85. The zero-order chi connectivity index (χ0) is 20.4. The molecule has 0 radical (unpaired) electrons. The Labute approximate surface area is 161 Å². The number of carboxylic acids is 1. The lowest BCUT2D eigenvalue weighted by atomic mass is 9.93. The highest BCUT2D eigenvalue weighted by Gasteiger charge is 2.32. The van der Waals surface area contributed by atoms with Gasteiger partial charge in [-0.15, -0.1) is 0 Å². The van der Waals surface area contributed by atoms with Crippen LogP contribution in [0.15, 0.2) is 42.5 Å². The van der Waals surface area contributed by atoms with Crippen molar-refractivity contribution in [3.05, 3.63) is 70.3 Å². The first-order valence-corrected chi connectivity index (χ1v) is 8.88. The maximum Gasteiger partial charge on any atom is 0.326 e. The second-order valence-corrected chi connectivity index (χ2v) is 6.62. The molecule has 146 valence electrons. The van der Waals surface area contributed by atoms with Crippen LogP contribution < -0.4 is 16.4 Å². The smallest absolute Gasteiger partial charge is 0.326 e. The van der Waals surface area contributed by atoms with E-state index in [1.165, 1.54) is 0 Å². The van der Waals surface area contributed by atoms with Gasteiger partial charge in [0.1, 0.15) is 18.1 Å². The number of hydrogen-bond donors (Lipinski definition) is 6. The van der Waals surface area contributed by atoms with E-state index in [0.29, 0.717) is 11.1 Å². The molecule has 0 fully saturated rings. The van der Waals surface area contributed by atoms with Crippen LogP contribution in [0.1, 0.15) is 58.2 Å². The van der Waals surface area contributed by atoms with Crippen LogP contribution in [0, 0.1) is 5.41 Å². The van der Waals surface area contributed by atoms with Gasteiger partial charge in [0.2, 0.25) is 0 Å². The van der Waals surface area contributed by atoms with E-state index in [2.05, 4.69) is 10.6 Å². The number of amidine groups is 1. The van der Waals surface area contributed by atoms with Crippen molar-refractivity contribution >= 4 is 17.7 Å². The van der Waals surface area contributed by atoms with Crippen LogP contribution in [-0.2, 0) is 4.79 Å². The number of nitrogens with two attached hydrogens (primary N) is 1. The van der Waals surface area contributed by atoms with Gasteiger partial charge in [0, 0.05) is 16.7 Å². The lowest BCUT2D eigenvalue weighted by Crippen LogP contribution is -2.40. The van der Waals surface area contributed by atoms with Gasteiger partial charge in [0.05, 0.1) is 6.04 Å². The Morgan fingerprint density at radius 2 is 1.93 bits per heavy atom. The molecule has 0 aromatic heterocycles. The zero-order valence-electron chi connectivity index (χ0n) is 15.3. The van der Waals surface area contributed by atoms with Crippen LogP contribution >= 0.6 is 0 Å². The first-order valence-electron chi connectivity index (χ1n) is 8.88. The van der Waals surface area contributed by atoms with Crippen LogP contribution in [0.4, 0.5) is 0 Å². The van der Waals surface area contributed by atoms with E-state index in [9.17, 15) is 14.7 Å². The highest BCUT2D eigenvalue weighted by molar-refractivity contribution is 5.97. The molecule has 0 spiro atoms. The van der Waals surface area contributed by atoms with E-state index in [0.717, 1.165) is 11.1 Å². The third kappa shape index (κ3) is 3.60. The Morgan fingerprint density at radius 3 is 2.57 bits per heavy atom. The number of aliphatic carboxylic acids is 1. The molecule has 0 bridgehead atoms. The second kappa shape index (κ2) is 7.79. The Hall–Kier alpha value is -3.23. The quantitative estimate of drug-likeness (QED) is 0.327. The van der Waals surface area contributed by atoms with Gasteiger partial charge in [-0.2, -0.15) is 0 Å². The number of carbonyl (C=O) groups is 2. The SMILES string of the molecule is CCC(NC(=O)c1ccc2c(c1)C(O)NC2c1ccccc1C(=N)N)C(=O)O. The fraction of sp³-hybridized carbons (Fsp3) is 0.250. The molecule has 2 aromatic rings. The minimum absolute atomic E-state index is 0.0735. The molecule has 2 aromatic carbocycles. The maximum atomic E-state index is 12.4. The summed E-state index contributed by atoms with van der Waals surface area (Å²) in [6.45, 7) is 1.67. The van der Waals surface area contributed by atoms with Gasteiger partial charge in [-0.25, -0.2) is 4.79 Å². The summed E-state index contributed by atoms with van der Waals surface area (Å²) in [5, 5.41) is 32.8. The molecule has 3 unspecified atom stereocenters. The number of aliphatic hydroxyl groups is 1. The van der Waals surface area contributed by atoms with Gasteiger partial charge < -0.3 is 21.3 Å². The minimum atomic E-state index is -1.10. The molecule has 1 aliphatic heterocycles. The first-order chi connectivity index (χ1) is 13.3. The largest absolute Gasteiger partial charge is 0.480 e. The van der Waals surface area contributed by atoms with Crippen LogP contribution in [0.25, 0.3) is 0 Å². The Balaban J connectivity index is 1.93. The number of benzene rings is 2. The van der Waals surface area contributed by atoms with E-state index in [-0.39, 0.29) is 23.9 Å². The minimum Gasteiger partial charge on any atom is -0.480 e. The Kier molecular flexibility index (Phi) is 5.43. The summed E-state index contributed by atoms with van der Waals surface area (Å²) >= 11 is 0. The van der Waals surface area contributed by atoms with Gasteiger partial charge in [-0.1, -0.05) is 37.3 Å². The van der Waals surface area contributed by atoms with Crippen LogP contribution in [0.5, 0.6) is 0 Å². The number of nitrogens with one attached hydrogen (secondary N) is 3. The van der Waals surface area contributed by atoms with Gasteiger partial charge in [-0.3, -0.25) is 15.5 Å². The Bertz CT molecular complexity index is 944. The Morgan fingerprint density at radius 1 is 1.21 bits per heavy atom. The number of nitrogen functional groups attached to an aromatic ring is 1. The third-order valence-corrected chi connectivity index (χ3v) is 4.85. The topological polar surface area (TPSA) is 149 Å². The molecule has 1 aliphatic rings. The van der Waals surface area contributed by atoms with E-state index in [1.807, 2.05) is 12.1 Å². The number of carbonyl (C=O) groups excluding carboxylic acids is 1. The predicted molar refractivity (Wildman–Crippen MR) is 103 cm³/mol. The molecule has 1 heterocycles. The van der Waals surface area contributed by atoms with E-state index >= 15 is 0 Å². The second-order valence-electron chi connectivity index (χ2n) is 6.62. The molecule has 8 nitrogen and oxygen atoms in total. The van der Waals surface area contributed by atoms with Gasteiger partial charge >= 0.3 is 5.97 Å². The van der Waals surface area contributed by atoms with Crippen molar-refractivity contribution in [3.8, 4) is 0 Å². The van der Waals surface area contributed by atoms with Crippen molar-refractivity contribution in [3.63, 3.8) is 0 Å². The fourth-order valence-electron chi connectivity index (χ4n) is 3.38. The zero-order valence-corrected chi connectivity index (χ0v) is 15.3. The number of rotatable bonds is 6. The summed E-state index contributed by atoms with van der Waals surface area (Å²) in [7, 11) is 0. The van der Waals surface area contributed by atoms with Crippen molar-refractivity contribution in [1.29, 1.82) is 5.41 Å². The molecular weight excluding hydrogens is 360 g/mol. The van der Waals surface area contributed by atoms with E-state index < -0.39 is 24.1 Å². The maximum absolute atomic E-state index is 12.4. The lowest BCUT2D eigenvalue weighted by Gasteiger charge is -2.17. The molecule has 7 N–H and O–H groups in total. The average Bonchev–Trinajstić information content (AvgIpc) is 3.01. The van der Waals surface area contributed by atoms with Crippen LogP contribution in [-0.4, -0.2) is 34.0 Å². The van der Waals surface area contributed by atoms with Crippen molar-refractivity contribution < 1.29 is 19.8 Å². The van der Waals surface area contributed by atoms with E-state index in [1.54, 1.807) is 37.3 Å². The molecule has 0 saturated heterocycles. The molecule has 0 aliphatic carbocycles. The van der Waals surface area contributed by atoms with Crippen molar-refractivity contribution in [2.24, 2.45) is 5.73 Å². The standard InChI is InChI=1S/C20H22N4O4/c1-2-15(20(27)28)23-18(25)10-7-8-12-14(9-10)19(26)24-16(12)11-5-3-4-6-13(11)17(21)22/h3-9,15-16,19,24,26H,2H2,1H3,(H3,21,22)(H,23,25)(H,27,28). The number of hydrogen-bond acceptors (Lipinski definition) is 5. The molecule has 3 atom stereocenters. The number of fused-ring (bicyclic) bond motifs is 1. The molecule has 0 saturated carbocycles. The van der Waals surface area contributed by atoms with Crippen molar-refractivity contribution in [2.75, 3.05) is 0 Å². The monoisotopic (exact) mass is 382 g/mol. The van der Waals surface area contributed by atoms with Crippen LogP contribution in [0.3, 0.4) is 0 Å². The fourth-order valence-corrected chi connectivity index (χ4v) is 3.38. The molecule has 1 amide bonds. The predicted octanol–water partition coefficient (Wildman–Crippen LogP) is 1.25. The summed E-state index contributed by atoms with van der Waals surface area (Å²) < 4.78 is 0. The summed E-state index contributed by atoms with van der Waals surface area (Å²) in [5.41, 5.74) is 8.55. The number of aliphatic hydroxyl groups excluding tert-OH is 1. The summed E-state index contributed by atoms with van der Waals surface area (Å²) in [5.74, 6) is -1.69. The van der Waals surface area contributed by atoms with E-state index in [4.69, 9.17) is 16.2 Å². The molecule has 3 rings (SSSR count). The highest BCUT2D eigenvalue weighted by Crippen LogP contribution is 2.37. The summed E-state index contributed by atoms with van der Waals surface area (Å²) in [4.78, 5) is 23.5. The first kappa shape index (κ1) is 19.5. The van der Waals surface area contributed by atoms with Crippen molar-refractivity contribution in [2.45, 2.75) is 31.7 Å². The normalized spacial score (nSPS) is 18.9. The summed E-state index contributed by atoms with van der Waals surface area (Å²) in [6.07, 6.45) is -0.741. The summed E-state index contributed by atoms with van der Waals surface area (Å²) in [6, 6.07) is 10.7. The number of amides is 1. The van der Waals surface area contributed by atoms with Gasteiger partial charge in [0.15, 0.2) is 0 Å².